The fourth-order valence-corrected chi connectivity index (χ4v) is 3.71. The predicted octanol–water partition coefficient (Wildman–Crippen LogP) is 2.75. The minimum atomic E-state index is -0.157. The molecule has 0 spiro atoms. The molecule has 6 heteroatoms. The van der Waals surface area contributed by atoms with Crippen molar-refractivity contribution in [3.05, 3.63) is 47.1 Å². The third-order valence-electron chi connectivity index (χ3n) is 4.87. The molecule has 2 aliphatic heterocycles. The molecule has 2 atom stereocenters. The summed E-state index contributed by atoms with van der Waals surface area (Å²) in [7, 11) is 0. The van der Waals surface area contributed by atoms with Crippen LogP contribution in [0.15, 0.2) is 28.8 Å². The zero-order valence-corrected chi connectivity index (χ0v) is 13.8. The highest BCUT2D eigenvalue weighted by Crippen LogP contribution is 2.34. The van der Waals surface area contributed by atoms with E-state index < -0.39 is 0 Å². The second-order valence-corrected chi connectivity index (χ2v) is 6.43. The van der Waals surface area contributed by atoms with E-state index in [1.54, 1.807) is 6.92 Å². The Hall–Kier alpha value is -2.21. The van der Waals surface area contributed by atoms with Crippen molar-refractivity contribution >= 4 is 5.91 Å². The van der Waals surface area contributed by atoms with Crippen LogP contribution < -0.4 is 0 Å². The van der Waals surface area contributed by atoms with Crippen LogP contribution in [-0.2, 0) is 16.0 Å². The third-order valence-corrected chi connectivity index (χ3v) is 4.87. The summed E-state index contributed by atoms with van der Waals surface area (Å²) in [5.74, 6) is 1.25. The molecule has 24 heavy (non-hydrogen) atoms. The van der Waals surface area contributed by atoms with Gasteiger partial charge in [-0.2, -0.15) is 4.98 Å². The van der Waals surface area contributed by atoms with Crippen LogP contribution in [0.1, 0.15) is 54.3 Å². The first-order valence-electron chi connectivity index (χ1n) is 8.51. The lowest BCUT2D eigenvalue weighted by atomic mass is 9.95. The molecule has 3 heterocycles. The number of nitrogens with zero attached hydrogens (tertiary/aromatic N) is 3. The summed E-state index contributed by atoms with van der Waals surface area (Å²) in [6, 6.07) is 8.16. The smallest absolute Gasteiger partial charge is 0.226 e. The molecule has 126 valence electrons. The Kier molecular flexibility index (Phi) is 4.06. The van der Waals surface area contributed by atoms with Gasteiger partial charge in [-0.05, 0) is 30.4 Å². The lowest BCUT2D eigenvalue weighted by molar-refractivity contribution is -0.135. The molecule has 6 nitrogen and oxygen atoms in total. The van der Waals surface area contributed by atoms with E-state index in [1.165, 1.54) is 5.56 Å². The van der Waals surface area contributed by atoms with Crippen molar-refractivity contribution in [2.45, 2.75) is 44.8 Å². The molecule has 0 bridgehead atoms. The average molecular weight is 327 g/mol. The van der Waals surface area contributed by atoms with Gasteiger partial charge in [-0.15, -0.1) is 0 Å². The fourth-order valence-electron chi connectivity index (χ4n) is 3.71. The van der Waals surface area contributed by atoms with Crippen LogP contribution >= 0.6 is 0 Å². The molecule has 4 rings (SSSR count). The van der Waals surface area contributed by atoms with Crippen LogP contribution in [0, 0.1) is 6.92 Å². The van der Waals surface area contributed by atoms with Gasteiger partial charge in [-0.3, -0.25) is 4.79 Å². The molecule has 1 amide bonds. The van der Waals surface area contributed by atoms with Crippen LogP contribution in [0.3, 0.4) is 0 Å². The molecule has 0 N–H and O–H groups in total. The van der Waals surface area contributed by atoms with Crippen LogP contribution in [0.25, 0.3) is 0 Å². The summed E-state index contributed by atoms with van der Waals surface area (Å²) in [5, 5.41) is 4.00. The highest BCUT2D eigenvalue weighted by molar-refractivity contribution is 5.77. The van der Waals surface area contributed by atoms with Crippen molar-refractivity contribution in [2.24, 2.45) is 0 Å². The van der Waals surface area contributed by atoms with Gasteiger partial charge in [0.05, 0.1) is 25.2 Å². The number of amides is 1. The largest absolute Gasteiger partial charge is 0.373 e. The maximum Gasteiger partial charge on any atom is 0.226 e. The molecule has 0 radical (unpaired) electrons. The highest BCUT2D eigenvalue weighted by Gasteiger charge is 2.35. The van der Waals surface area contributed by atoms with Gasteiger partial charge in [0.2, 0.25) is 11.8 Å². The molecule has 2 aliphatic rings. The predicted molar refractivity (Wildman–Crippen MR) is 86.2 cm³/mol. The maximum absolute atomic E-state index is 12.9. The second-order valence-electron chi connectivity index (χ2n) is 6.43. The SMILES string of the molecule is Cc1nc([C@H]2CCCN2C(=O)C[C@H]2OCCc3ccccc32)no1. The second kappa shape index (κ2) is 6.36. The standard InChI is InChI=1S/C18H21N3O3/c1-12-19-18(20-24-12)15-7-4-9-21(15)17(22)11-16-14-6-3-2-5-13(14)8-10-23-16/h2-3,5-6,15-16H,4,7-11H2,1H3/t15-,16-/m1/s1. The summed E-state index contributed by atoms with van der Waals surface area (Å²) in [6.45, 7) is 3.18. The van der Waals surface area contributed by atoms with Crippen LogP contribution in [-0.4, -0.2) is 34.1 Å². The van der Waals surface area contributed by atoms with E-state index in [1.807, 2.05) is 17.0 Å². The van der Waals surface area contributed by atoms with E-state index in [0.717, 1.165) is 31.4 Å². The van der Waals surface area contributed by atoms with Crippen molar-refractivity contribution in [1.29, 1.82) is 0 Å². The summed E-state index contributed by atoms with van der Waals surface area (Å²) in [4.78, 5) is 19.1. The average Bonchev–Trinajstić information content (AvgIpc) is 3.24. The van der Waals surface area contributed by atoms with Crippen molar-refractivity contribution in [3.8, 4) is 0 Å². The van der Waals surface area contributed by atoms with E-state index in [0.29, 0.717) is 24.7 Å². The normalized spacial score (nSPS) is 23.3. The van der Waals surface area contributed by atoms with Crippen LogP contribution in [0.5, 0.6) is 0 Å². The number of ether oxygens (including phenoxy) is 1. The minimum absolute atomic E-state index is 0.0752. The van der Waals surface area contributed by atoms with E-state index in [2.05, 4.69) is 22.3 Å². The summed E-state index contributed by atoms with van der Waals surface area (Å²) < 4.78 is 11.0. The number of hydrogen-bond donors (Lipinski definition) is 0. The monoisotopic (exact) mass is 327 g/mol. The lowest BCUT2D eigenvalue weighted by Gasteiger charge is -2.29. The van der Waals surface area contributed by atoms with Crippen molar-refractivity contribution in [2.75, 3.05) is 13.2 Å². The zero-order valence-electron chi connectivity index (χ0n) is 13.8. The highest BCUT2D eigenvalue weighted by atomic mass is 16.5. The first kappa shape index (κ1) is 15.3. The van der Waals surface area contributed by atoms with E-state index in [4.69, 9.17) is 9.26 Å². The van der Waals surface area contributed by atoms with Crippen LogP contribution in [0.2, 0.25) is 0 Å². The fraction of sp³-hybridized carbons (Fsp3) is 0.500. The summed E-state index contributed by atoms with van der Waals surface area (Å²) in [6.07, 6.45) is 2.97. The quantitative estimate of drug-likeness (QED) is 0.867. The molecule has 0 saturated carbocycles. The van der Waals surface area contributed by atoms with E-state index in [-0.39, 0.29) is 18.1 Å². The molecule has 0 aliphatic carbocycles. The van der Waals surface area contributed by atoms with Crippen molar-refractivity contribution < 1.29 is 14.1 Å². The lowest BCUT2D eigenvalue weighted by Crippen LogP contribution is -2.33. The first-order valence-corrected chi connectivity index (χ1v) is 8.51. The van der Waals surface area contributed by atoms with Gasteiger partial charge in [0.1, 0.15) is 0 Å². The van der Waals surface area contributed by atoms with Gasteiger partial charge in [0, 0.05) is 13.5 Å². The Morgan fingerprint density at radius 1 is 1.38 bits per heavy atom. The van der Waals surface area contributed by atoms with Gasteiger partial charge in [0.15, 0.2) is 5.82 Å². The van der Waals surface area contributed by atoms with E-state index >= 15 is 0 Å². The third kappa shape index (κ3) is 2.82. The Balaban J connectivity index is 1.50. The number of likely N-dealkylation sites (tertiary alicyclic amines) is 1. The first-order chi connectivity index (χ1) is 11.7. The number of fused-ring (bicyclic) bond motifs is 1. The number of benzene rings is 1. The molecule has 1 saturated heterocycles. The molecule has 0 unspecified atom stereocenters. The number of rotatable bonds is 3. The van der Waals surface area contributed by atoms with Crippen molar-refractivity contribution in [3.63, 3.8) is 0 Å². The molecule has 1 fully saturated rings. The van der Waals surface area contributed by atoms with Gasteiger partial charge < -0.3 is 14.2 Å². The number of aryl methyl sites for hydroxylation is 1. The van der Waals surface area contributed by atoms with E-state index in [9.17, 15) is 4.79 Å². The maximum atomic E-state index is 12.9. The topological polar surface area (TPSA) is 68.5 Å². The van der Waals surface area contributed by atoms with Gasteiger partial charge >= 0.3 is 0 Å². The van der Waals surface area contributed by atoms with Gasteiger partial charge in [-0.1, -0.05) is 29.4 Å². The van der Waals surface area contributed by atoms with Gasteiger partial charge in [-0.25, -0.2) is 0 Å². The van der Waals surface area contributed by atoms with Crippen LogP contribution in [0.4, 0.5) is 0 Å². The number of hydrogen-bond acceptors (Lipinski definition) is 5. The number of aromatic nitrogens is 2. The summed E-state index contributed by atoms with van der Waals surface area (Å²) in [5.41, 5.74) is 2.43. The zero-order chi connectivity index (χ0) is 16.5. The molecule has 1 aromatic carbocycles. The Bertz CT molecular complexity index is 743. The molecular formula is C18H21N3O3. The minimum Gasteiger partial charge on any atom is -0.373 e. The molecular weight excluding hydrogens is 306 g/mol. The van der Waals surface area contributed by atoms with Crippen molar-refractivity contribution in [1.82, 2.24) is 15.0 Å². The molecule has 1 aromatic heterocycles. The Morgan fingerprint density at radius 2 is 2.25 bits per heavy atom. The summed E-state index contributed by atoms with van der Waals surface area (Å²) >= 11 is 0. The molecule has 2 aromatic rings. The number of carbonyl (C=O) groups is 1. The van der Waals surface area contributed by atoms with Gasteiger partial charge in [0.25, 0.3) is 0 Å². The number of carbonyl (C=O) groups excluding carboxylic acids is 1. The Morgan fingerprint density at radius 3 is 3.08 bits per heavy atom. The Labute approximate surface area is 140 Å².